The Labute approximate surface area is 192 Å². The normalized spacial score (nSPS) is 15.2. The summed E-state index contributed by atoms with van der Waals surface area (Å²) in [6, 6.07) is 15.6. The van der Waals surface area contributed by atoms with Gasteiger partial charge >= 0.3 is 0 Å². The number of nitrogens with one attached hydrogen (secondary N) is 1. The van der Waals surface area contributed by atoms with Gasteiger partial charge in [0.15, 0.2) is 5.78 Å². The van der Waals surface area contributed by atoms with Gasteiger partial charge in [-0.15, -0.1) is 0 Å². The third kappa shape index (κ3) is 4.53. The highest BCUT2D eigenvalue weighted by Gasteiger charge is 2.23. The van der Waals surface area contributed by atoms with Crippen molar-refractivity contribution in [2.24, 2.45) is 0 Å². The molecule has 4 aromatic rings. The number of aromatic nitrogens is 3. The van der Waals surface area contributed by atoms with E-state index in [1.54, 1.807) is 7.11 Å². The van der Waals surface area contributed by atoms with Gasteiger partial charge in [0.05, 0.1) is 20.2 Å². The lowest BCUT2D eigenvalue weighted by molar-refractivity contribution is 0.0827. The molecular weight excluding hydrogens is 418 g/mol. The minimum absolute atomic E-state index is 0.166. The van der Waals surface area contributed by atoms with Crippen LogP contribution in [-0.4, -0.2) is 70.5 Å². The van der Waals surface area contributed by atoms with Crippen molar-refractivity contribution in [1.29, 1.82) is 0 Å². The van der Waals surface area contributed by atoms with E-state index in [9.17, 15) is 4.79 Å². The number of nitrogens with zero attached hydrogens (tertiary/aromatic N) is 4. The van der Waals surface area contributed by atoms with Crippen molar-refractivity contribution in [3.63, 3.8) is 0 Å². The molecule has 0 saturated carbocycles. The number of hydrogen-bond donors (Lipinski definition) is 1. The molecule has 1 saturated heterocycles. The number of aromatic amines is 1. The first kappa shape index (κ1) is 21.4. The number of carbonyl (C=O) groups is 1. The summed E-state index contributed by atoms with van der Waals surface area (Å²) in [7, 11) is 1.64. The van der Waals surface area contributed by atoms with Crippen molar-refractivity contribution in [2.45, 2.75) is 13.5 Å². The number of rotatable bonds is 7. The van der Waals surface area contributed by atoms with Crippen LogP contribution in [0.1, 0.15) is 21.9 Å². The molecule has 0 bridgehead atoms. The number of H-pyrrole nitrogens is 1. The average molecular weight is 446 g/mol. The number of hydrogen-bond acceptors (Lipinski definition) is 7. The van der Waals surface area contributed by atoms with Crippen molar-refractivity contribution in [3.8, 4) is 17.1 Å². The molecule has 3 heterocycles. The monoisotopic (exact) mass is 445 g/mol. The lowest BCUT2D eigenvalue weighted by Gasteiger charge is -2.33. The minimum Gasteiger partial charge on any atom is -0.497 e. The van der Waals surface area contributed by atoms with Crippen LogP contribution in [0.15, 0.2) is 53.1 Å². The van der Waals surface area contributed by atoms with E-state index < -0.39 is 0 Å². The number of para-hydroxylation sites is 1. The number of piperazine rings is 1. The molecule has 170 valence electrons. The van der Waals surface area contributed by atoms with Gasteiger partial charge in [0.25, 0.3) is 0 Å². The Morgan fingerprint density at radius 1 is 1.06 bits per heavy atom. The van der Waals surface area contributed by atoms with Gasteiger partial charge in [-0.3, -0.25) is 14.6 Å². The average Bonchev–Trinajstić information content (AvgIpc) is 3.44. The third-order valence-corrected chi connectivity index (χ3v) is 6.18. The molecule has 2 aromatic carbocycles. The fraction of sp³-hybridized carbons (Fsp3) is 0.320. The smallest absolute Gasteiger partial charge is 0.241 e. The Balaban J connectivity index is 1.16. The maximum Gasteiger partial charge on any atom is 0.241 e. The van der Waals surface area contributed by atoms with Gasteiger partial charge in [0, 0.05) is 53.9 Å². The molecule has 1 fully saturated rings. The predicted molar refractivity (Wildman–Crippen MR) is 125 cm³/mol. The summed E-state index contributed by atoms with van der Waals surface area (Å²) in [6.45, 7) is 6.35. The Morgan fingerprint density at radius 2 is 1.79 bits per heavy atom. The van der Waals surface area contributed by atoms with E-state index in [2.05, 4.69) is 24.9 Å². The highest BCUT2D eigenvalue weighted by molar-refractivity contribution is 6.10. The second kappa shape index (κ2) is 9.17. The molecule has 33 heavy (non-hydrogen) atoms. The van der Waals surface area contributed by atoms with Crippen LogP contribution < -0.4 is 4.74 Å². The standard InChI is InChI=1S/C25H27N5O3/c1-17-24(20-5-3-4-6-21(20)26-17)22(31)15-29-11-13-30(14-12-29)16-23-27-25(28-33-23)18-7-9-19(32-2)10-8-18/h3-10,26H,11-16H2,1-2H3. The number of aryl methyl sites for hydroxylation is 1. The van der Waals surface area contributed by atoms with Crippen LogP contribution in [0.25, 0.3) is 22.3 Å². The highest BCUT2D eigenvalue weighted by atomic mass is 16.5. The predicted octanol–water partition coefficient (Wildman–Crippen LogP) is 3.54. The summed E-state index contributed by atoms with van der Waals surface area (Å²) in [5, 5.41) is 5.11. The summed E-state index contributed by atoms with van der Waals surface area (Å²) in [4.78, 5) is 25.4. The van der Waals surface area contributed by atoms with Gasteiger partial charge < -0.3 is 14.2 Å². The van der Waals surface area contributed by atoms with E-state index in [1.807, 2.05) is 55.5 Å². The summed E-state index contributed by atoms with van der Waals surface area (Å²) < 4.78 is 10.7. The van der Waals surface area contributed by atoms with Crippen molar-refractivity contribution >= 4 is 16.7 Å². The largest absolute Gasteiger partial charge is 0.497 e. The van der Waals surface area contributed by atoms with Crippen molar-refractivity contribution in [3.05, 3.63) is 65.7 Å². The molecule has 1 aliphatic rings. The van der Waals surface area contributed by atoms with Crippen molar-refractivity contribution in [1.82, 2.24) is 24.9 Å². The third-order valence-electron chi connectivity index (χ3n) is 6.18. The molecule has 5 rings (SSSR count). The zero-order valence-electron chi connectivity index (χ0n) is 18.9. The van der Waals surface area contributed by atoms with Gasteiger partial charge in [0.1, 0.15) is 5.75 Å². The quantitative estimate of drug-likeness (QED) is 0.435. The SMILES string of the molecule is COc1ccc(-c2noc(CN3CCN(CC(=O)c4c(C)[nH]c5ccccc45)CC3)n2)cc1. The zero-order chi connectivity index (χ0) is 22.8. The fourth-order valence-electron chi connectivity index (χ4n) is 4.39. The number of methoxy groups -OCH3 is 1. The molecule has 0 amide bonds. The Hall–Kier alpha value is -3.49. The lowest BCUT2D eigenvalue weighted by atomic mass is 10.1. The van der Waals surface area contributed by atoms with Crippen LogP contribution in [0.3, 0.4) is 0 Å². The maximum atomic E-state index is 13.0. The van der Waals surface area contributed by atoms with Crippen molar-refractivity contribution in [2.75, 3.05) is 39.8 Å². The number of ether oxygens (including phenoxy) is 1. The highest BCUT2D eigenvalue weighted by Crippen LogP contribution is 2.23. The topological polar surface area (TPSA) is 87.5 Å². The van der Waals surface area contributed by atoms with Crippen LogP contribution in [0, 0.1) is 6.92 Å². The van der Waals surface area contributed by atoms with Crippen molar-refractivity contribution < 1.29 is 14.1 Å². The van der Waals surface area contributed by atoms with E-state index in [0.717, 1.165) is 59.7 Å². The molecule has 0 radical (unpaired) electrons. The van der Waals surface area contributed by atoms with Gasteiger partial charge in [-0.1, -0.05) is 23.4 Å². The van der Waals surface area contributed by atoms with Gasteiger partial charge in [-0.25, -0.2) is 0 Å². The molecule has 1 N–H and O–H groups in total. The number of carbonyl (C=O) groups excluding carboxylic acids is 1. The molecule has 0 spiro atoms. The molecule has 8 heteroatoms. The Kier molecular flexibility index (Phi) is 5.93. The minimum atomic E-state index is 0.166. The number of benzene rings is 2. The Morgan fingerprint density at radius 3 is 2.55 bits per heavy atom. The number of fused-ring (bicyclic) bond motifs is 1. The maximum absolute atomic E-state index is 13.0. The molecule has 0 atom stereocenters. The summed E-state index contributed by atoms with van der Waals surface area (Å²) in [6.07, 6.45) is 0. The van der Waals surface area contributed by atoms with Crippen LogP contribution in [0.4, 0.5) is 0 Å². The zero-order valence-corrected chi connectivity index (χ0v) is 18.9. The first-order valence-electron chi connectivity index (χ1n) is 11.1. The Bertz CT molecular complexity index is 1250. The van der Waals surface area contributed by atoms with E-state index in [0.29, 0.717) is 24.8 Å². The van der Waals surface area contributed by atoms with E-state index >= 15 is 0 Å². The van der Waals surface area contributed by atoms with Crippen LogP contribution in [0.2, 0.25) is 0 Å². The second-order valence-corrected chi connectivity index (χ2v) is 8.39. The molecular formula is C25H27N5O3. The van der Waals surface area contributed by atoms with E-state index in [4.69, 9.17) is 9.26 Å². The molecule has 1 aliphatic heterocycles. The summed E-state index contributed by atoms with van der Waals surface area (Å²) >= 11 is 0. The molecule has 2 aromatic heterocycles. The number of ketones is 1. The van der Waals surface area contributed by atoms with Crippen LogP contribution in [-0.2, 0) is 6.54 Å². The number of Topliss-reactive ketones (excluding diaryl/α,β-unsaturated/α-hetero) is 1. The lowest BCUT2D eigenvalue weighted by Crippen LogP contribution is -2.47. The first-order chi connectivity index (χ1) is 16.1. The van der Waals surface area contributed by atoms with E-state index in [-0.39, 0.29) is 5.78 Å². The van der Waals surface area contributed by atoms with Crippen LogP contribution >= 0.6 is 0 Å². The summed E-state index contributed by atoms with van der Waals surface area (Å²) in [5.74, 6) is 2.13. The van der Waals surface area contributed by atoms with E-state index in [1.165, 1.54) is 0 Å². The van der Waals surface area contributed by atoms with Gasteiger partial charge in [-0.2, -0.15) is 4.98 Å². The molecule has 0 aliphatic carbocycles. The van der Waals surface area contributed by atoms with Crippen LogP contribution in [0.5, 0.6) is 5.75 Å². The summed E-state index contributed by atoms with van der Waals surface area (Å²) in [5.41, 5.74) is 3.65. The van der Waals surface area contributed by atoms with Gasteiger partial charge in [-0.05, 0) is 37.3 Å². The molecule has 0 unspecified atom stereocenters. The molecule has 8 nitrogen and oxygen atoms in total. The van der Waals surface area contributed by atoms with Gasteiger partial charge in [0.2, 0.25) is 11.7 Å². The first-order valence-corrected chi connectivity index (χ1v) is 11.1. The fourth-order valence-corrected chi connectivity index (χ4v) is 4.39. The second-order valence-electron chi connectivity index (χ2n) is 8.39.